The highest BCUT2D eigenvalue weighted by molar-refractivity contribution is 9.13. The molecule has 0 N–H and O–H groups in total. The predicted molar refractivity (Wildman–Crippen MR) is 44.4 cm³/mol. The smallest absolute Gasteiger partial charge is 0.0583 e. The van der Waals surface area contributed by atoms with Crippen LogP contribution in [0.2, 0.25) is 0 Å². The average Bonchev–Trinajstić information content (AvgIpc) is 1.27. The second kappa shape index (κ2) is 4.21. The van der Waals surface area contributed by atoms with E-state index in [0.29, 0.717) is 8.32 Å². The summed E-state index contributed by atoms with van der Waals surface area (Å²) in [5, 5.41) is 0. The van der Waals surface area contributed by atoms with Crippen LogP contribution in [0.3, 0.4) is 0 Å². The van der Waals surface area contributed by atoms with Gasteiger partial charge in [0.2, 0.25) is 0 Å². The van der Waals surface area contributed by atoms with Gasteiger partial charge in [-0.05, 0) is 13.8 Å². The Morgan fingerprint density at radius 1 is 1.14 bits per heavy atom. The van der Waals surface area contributed by atoms with Crippen LogP contribution in [-0.4, -0.2) is 8.32 Å². The van der Waals surface area contributed by atoms with Crippen LogP contribution in [0.5, 0.6) is 0 Å². The van der Waals surface area contributed by atoms with Crippen LogP contribution < -0.4 is 0 Å². The topological polar surface area (TPSA) is 0 Å². The van der Waals surface area contributed by atoms with Crippen molar-refractivity contribution in [3.8, 4) is 0 Å². The van der Waals surface area contributed by atoms with E-state index >= 15 is 0 Å². The van der Waals surface area contributed by atoms with Crippen molar-refractivity contribution in [1.29, 1.82) is 0 Å². The van der Waals surface area contributed by atoms with Gasteiger partial charge < -0.3 is 0 Å². The Morgan fingerprint density at radius 3 is 1.43 bits per heavy atom. The lowest BCUT2D eigenvalue weighted by molar-refractivity contribution is 1.38. The van der Waals surface area contributed by atoms with Gasteiger partial charge in [-0.25, -0.2) is 0 Å². The highest BCUT2D eigenvalue weighted by Gasteiger charge is 1.99. The number of alkyl halides is 2. The molecule has 0 aromatic carbocycles. The third kappa shape index (κ3) is 7.31. The Labute approximate surface area is 65.7 Å². The fourth-order valence-corrected chi connectivity index (χ4v) is 3.59. The van der Waals surface area contributed by atoms with Crippen LogP contribution in [-0.2, 0) is 0 Å². The van der Waals surface area contributed by atoms with Crippen LogP contribution in [0.1, 0.15) is 13.8 Å². The van der Waals surface area contributed by atoms with Crippen LogP contribution in [0.25, 0.3) is 0 Å². The van der Waals surface area contributed by atoms with E-state index in [1.807, 2.05) is 11.8 Å². The molecule has 0 saturated heterocycles. The third-order valence-corrected chi connectivity index (χ3v) is 2.42. The summed E-state index contributed by atoms with van der Waals surface area (Å²) < 4.78 is 1.11. The van der Waals surface area contributed by atoms with Crippen molar-refractivity contribution in [2.45, 2.75) is 22.2 Å². The predicted octanol–water partition coefficient (Wildman–Crippen LogP) is 3.20. The highest BCUT2D eigenvalue weighted by Crippen LogP contribution is 2.25. The molecule has 0 heterocycles. The molecule has 0 bridgehead atoms. The van der Waals surface area contributed by atoms with E-state index in [-0.39, 0.29) is 0 Å². The van der Waals surface area contributed by atoms with Gasteiger partial charge in [-0.1, -0.05) is 31.9 Å². The van der Waals surface area contributed by atoms with Gasteiger partial charge in [0.15, 0.2) is 0 Å². The largest absolute Gasteiger partial charge is 0.133 e. The molecule has 0 rings (SSSR count). The number of halogens is 2. The Morgan fingerprint density at radius 2 is 1.43 bits per heavy atom. The second-order valence-corrected chi connectivity index (χ2v) is 6.87. The molecule has 0 saturated carbocycles. The minimum atomic E-state index is 0.557. The lowest BCUT2D eigenvalue weighted by Gasteiger charge is -2.02. The Kier molecular flexibility index (Phi) is 5.00. The van der Waals surface area contributed by atoms with Crippen LogP contribution in [0.15, 0.2) is 0 Å². The number of hydrogen-bond donors (Lipinski definition) is 0. The molecule has 0 unspecified atom stereocenters. The first-order chi connectivity index (χ1) is 3.13. The molecule has 0 aliphatic carbocycles. The monoisotopic (exact) mass is 246 g/mol. The first-order valence-corrected chi connectivity index (χ1v) is 4.84. The van der Waals surface area contributed by atoms with Gasteiger partial charge >= 0.3 is 0 Å². The van der Waals surface area contributed by atoms with E-state index in [2.05, 4.69) is 45.7 Å². The number of rotatable bonds is 2. The Bertz CT molecular complexity index is 39.0. The van der Waals surface area contributed by atoms with Gasteiger partial charge in [0, 0.05) is 0 Å². The van der Waals surface area contributed by atoms with Gasteiger partial charge in [0.25, 0.3) is 0 Å². The molecule has 0 nitrogen and oxygen atoms in total. The summed E-state index contributed by atoms with van der Waals surface area (Å²) in [5.74, 6) is 0. The molecule has 3 heteroatoms. The molecule has 0 spiro atoms. The SMILES string of the molecule is C[C@H](Br)S[C@@H](C)Br. The molecule has 44 valence electrons. The second-order valence-electron chi connectivity index (χ2n) is 1.22. The van der Waals surface area contributed by atoms with Crippen molar-refractivity contribution in [3.63, 3.8) is 0 Å². The van der Waals surface area contributed by atoms with E-state index in [9.17, 15) is 0 Å². The zero-order valence-corrected chi connectivity index (χ0v) is 8.31. The van der Waals surface area contributed by atoms with E-state index in [0.717, 1.165) is 0 Å². The summed E-state index contributed by atoms with van der Waals surface area (Å²) >= 11 is 8.66. The molecule has 0 aliphatic heterocycles. The maximum absolute atomic E-state index is 3.41. The van der Waals surface area contributed by atoms with Crippen LogP contribution in [0, 0.1) is 0 Å². The summed E-state index contributed by atoms with van der Waals surface area (Å²) in [5.41, 5.74) is 0. The summed E-state index contributed by atoms with van der Waals surface area (Å²) in [6.45, 7) is 4.23. The van der Waals surface area contributed by atoms with Gasteiger partial charge in [-0.3, -0.25) is 0 Å². The zero-order valence-electron chi connectivity index (χ0n) is 4.32. The molecule has 0 amide bonds. The van der Waals surface area contributed by atoms with Crippen LogP contribution in [0.4, 0.5) is 0 Å². The molecular formula is C4H8Br2S. The summed E-state index contributed by atoms with van der Waals surface area (Å²) in [6, 6.07) is 0. The van der Waals surface area contributed by atoms with Gasteiger partial charge in [-0.15, -0.1) is 11.8 Å². The molecule has 0 radical (unpaired) electrons. The van der Waals surface area contributed by atoms with Gasteiger partial charge in [0.05, 0.1) is 8.32 Å². The molecule has 0 aromatic rings. The third-order valence-electron chi connectivity index (χ3n) is 0.375. The Hall–Kier alpha value is 1.31. The molecule has 7 heavy (non-hydrogen) atoms. The van der Waals surface area contributed by atoms with E-state index < -0.39 is 0 Å². The van der Waals surface area contributed by atoms with E-state index in [1.54, 1.807) is 0 Å². The van der Waals surface area contributed by atoms with Crippen molar-refractivity contribution in [2.75, 3.05) is 0 Å². The summed E-state index contributed by atoms with van der Waals surface area (Å²) in [4.78, 5) is 0. The zero-order chi connectivity index (χ0) is 5.86. The molecule has 0 fully saturated rings. The minimum absolute atomic E-state index is 0.557. The molecule has 0 aromatic heterocycles. The van der Waals surface area contributed by atoms with E-state index in [4.69, 9.17) is 0 Å². The molecule has 2 atom stereocenters. The van der Waals surface area contributed by atoms with Crippen molar-refractivity contribution in [3.05, 3.63) is 0 Å². The highest BCUT2D eigenvalue weighted by atomic mass is 79.9. The summed E-state index contributed by atoms with van der Waals surface area (Å²) in [6.07, 6.45) is 0. The normalized spacial score (nSPS) is 18.9. The van der Waals surface area contributed by atoms with Crippen molar-refractivity contribution < 1.29 is 0 Å². The first-order valence-electron chi connectivity index (χ1n) is 2.06. The maximum atomic E-state index is 3.41. The standard InChI is InChI=1S/C4H8Br2S/c1-3(5)7-4(2)6/h3-4H,1-2H3/t3-,4+. The minimum Gasteiger partial charge on any atom is -0.133 e. The Balaban J connectivity index is 2.95. The van der Waals surface area contributed by atoms with Crippen molar-refractivity contribution in [1.82, 2.24) is 0 Å². The van der Waals surface area contributed by atoms with E-state index in [1.165, 1.54) is 0 Å². The van der Waals surface area contributed by atoms with Crippen molar-refractivity contribution >= 4 is 43.6 Å². The van der Waals surface area contributed by atoms with Crippen LogP contribution >= 0.6 is 43.6 Å². The quantitative estimate of drug-likeness (QED) is 0.676. The maximum Gasteiger partial charge on any atom is 0.0583 e. The molecular weight excluding hydrogens is 240 g/mol. The average molecular weight is 248 g/mol. The summed E-state index contributed by atoms with van der Waals surface area (Å²) in [7, 11) is 0. The lowest BCUT2D eigenvalue weighted by Crippen LogP contribution is -1.87. The van der Waals surface area contributed by atoms with Crippen molar-refractivity contribution in [2.24, 2.45) is 0 Å². The number of thioether (sulfide) groups is 1. The fourth-order valence-electron chi connectivity index (χ4n) is 0.258. The number of hydrogen-bond acceptors (Lipinski definition) is 1. The first kappa shape index (κ1) is 8.31. The molecule has 0 aliphatic rings. The van der Waals surface area contributed by atoms with Gasteiger partial charge in [-0.2, -0.15) is 0 Å². The fraction of sp³-hybridized carbons (Fsp3) is 1.00. The van der Waals surface area contributed by atoms with Gasteiger partial charge in [0.1, 0.15) is 0 Å². The lowest BCUT2D eigenvalue weighted by atomic mass is 11.0.